The van der Waals surface area contributed by atoms with Gasteiger partial charge in [-0.3, -0.25) is 15.0 Å². The highest BCUT2D eigenvalue weighted by Gasteiger charge is 2.05. The van der Waals surface area contributed by atoms with Crippen LogP contribution in [0, 0.1) is 4.77 Å². The third-order valence-corrected chi connectivity index (χ3v) is 2.36. The van der Waals surface area contributed by atoms with Gasteiger partial charge in [0.05, 0.1) is 10.9 Å². The molecule has 0 spiro atoms. The zero-order valence-electron chi connectivity index (χ0n) is 8.48. The summed E-state index contributed by atoms with van der Waals surface area (Å²) in [6, 6.07) is 6.97. The van der Waals surface area contributed by atoms with E-state index in [0.29, 0.717) is 10.9 Å². The normalized spacial score (nSPS) is 10.3. The standard InChI is InChI=1S/C10H9N3O2S/c1-6(14)12-13-9(15)7-4-2-3-5-8(7)11-10(13)16/h2-5H,1H3,(H,11,16)(H,12,14). The van der Waals surface area contributed by atoms with E-state index in [0.717, 1.165) is 4.68 Å². The summed E-state index contributed by atoms with van der Waals surface area (Å²) in [5.41, 5.74) is 2.68. The van der Waals surface area contributed by atoms with Crippen molar-refractivity contribution in [3.05, 3.63) is 39.4 Å². The maximum atomic E-state index is 11.9. The van der Waals surface area contributed by atoms with E-state index in [9.17, 15) is 9.59 Å². The van der Waals surface area contributed by atoms with E-state index in [-0.39, 0.29) is 16.2 Å². The molecular formula is C10H9N3O2S. The van der Waals surface area contributed by atoms with Crippen molar-refractivity contribution in [3.8, 4) is 0 Å². The van der Waals surface area contributed by atoms with Crippen LogP contribution in [0.3, 0.4) is 0 Å². The topological polar surface area (TPSA) is 66.9 Å². The lowest BCUT2D eigenvalue weighted by Gasteiger charge is -2.07. The second kappa shape index (κ2) is 3.90. The average molecular weight is 235 g/mol. The molecule has 0 aliphatic heterocycles. The number of nitrogens with one attached hydrogen (secondary N) is 2. The molecule has 0 bridgehead atoms. The highest BCUT2D eigenvalue weighted by atomic mass is 32.1. The Balaban J connectivity index is 2.81. The fraction of sp³-hybridized carbons (Fsp3) is 0.100. The first-order valence-corrected chi connectivity index (χ1v) is 5.02. The van der Waals surface area contributed by atoms with Crippen LogP contribution in [0.1, 0.15) is 6.92 Å². The number of fused-ring (bicyclic) bond motifs is 1. The molecule has 1 amide bonds. The van der Waals surface area contributed by atoms with Crippen LogP contribution >= 0.6 is 12.2 Å². The van der Waals surface area contributed by atoms with E-state index in [4.69, 9.17) is 12.2 Å². The second-order valence-electron chi connectivity index (χ2n) is 3.28. The van der Waals surface area contributed by atoms with Crippen LogP contribution in [0.4, 0.5) is 0 Å². The van der Waals surface area contributed by atoms with Gasteiger partial charge < -0.3 is 4.98 Å². The molecule has 0 aliphatic rings. The minimum atomic E-state index is -0.350. The summed E-state index contributed by atoms with van der Waals surface area (Å²) in [6.45, 7) is 1.32. The predicted molar refractivity (Wildman–Crippen MR) is 63.4 cm³/mol. The summed E-state index contributed by atoms with van der Waals surface area (Å²) >= 11 is 4.98. The van der Waals surface area contributed by atoms with Crippen molar-refractivity contribution >= 4 is 29.0 Å². The van der Waals surface area contributed by atoms with Gasteiger partial charge in [0.15, 0.2) is 4.77 Å². The van der Waals surface area contributed by atoms with Crippen molar-refractivity contribution in [1.82, 2.24) is 9.66 Å². The van der Waals surface area contributed by atoms with E-state index in [2.05, 4.69) is 10.4 Å². The minimum absolute atomic E-state index is 0.166. The van der Waals surface area contributed by atoms with Gasteiger partial charge in [-0.1, -0.05) is 12.1 Å². The molecule has 2 rings (SSSR count). The van der Waals surface area contributed by atoms with Crippen molar-refractivity contribution in [2.75, 3.05) is 5.43 Å². The van der Waals surface area contributed by atoms with Gasteiger partial charge in [-0.2, -0.15) is 4.68 Å². The van der Waals surface area contributed by atoms with Gasteiger partial charge in [0.2, 0.25) is 5.91 Å². The first kappa shape index (κ1) is 10.6. The maximum Gasteiger partial charge on any atom is 0.281 e. The number of aromatic nitrogens is 2. The third-order valence-electron chi connectivity index (χ3n) is 2.07. The first-order chi connectivity index (χ1) is 7.59. The molecule has 6 heteroatoms. The molecule has 1 aromatic carbocycles. The predicted octanol–water partition coefficient (Wildman–Crippen LogP) is 1.15. The first-order valence-electron chi connectivity index (χ1n) is 4.61. The Labute approximate surface area is 95.7 Å². The zero-order chi connectivity index (χ0) is 11.7. The van der Waals surface area contributed by atoms with E-state index < -0.39 is 0 Å². The van der Waals surface area contributed by atoms with Crippen LogP contribution in [0.25, 0.3) is 10.9 Å². The van der Waals surface area contributed by atoms with E-state index in [1.807, 2.05) is 0 Å². The number of carbonyl (C=O) groups excluding carboxylic acids is 1. The average Bonchev–Trinajstić information content (AvgIpc) is 2.24. The zero-order valence-corrected chi connectivity index (χ0v) is 9.30. The van der Waals surface area contributed by atoms with Crippen LogP contribution in [0.2, 0.25) is 0 Å². The fourth-order valence-corrected chi connectivity index (χ4v) is 1.66. The number of para-hydroxylation sites is 1. The highest BCUT2D eigenvalue weighted by molar-refractivity contribution is 7.71. The summed E-state index contributed by atoms with van der Waals surface area (Å²) in [4.78, 5) is 25.7. The Hall–Kier alpha value is -1.95. The Morgan fingerprint density at radius 3 is 2.81 bits per heavy atom. The monoisotopic (exact) mass is 235 g/mol. The number of hydrogen-bond acceptors (Lipinski definition) is 3. The quantitative estimate of drug-likeness (QED) is 0.729. The molecular weight excluding hydrogens is 226 g/mol. The Morgan fingerprint density at radius 2 is 2.12 bits per heavy atom. The summed E-state index contributed by atoms with van der Waals surface area (Å²) in [5.74, 6) is -0.350. The lowest BCUT2D eigenvalue weighted by Crippen LogP contribution is -2.33. The van der Waals surface area contributed by atoms with E-state index >= 15 is 0 Å². The smallest absolute Gasteiger partial charge is 0.281 e. The van der Waals surface area contributed by atoms with Gasteiger partial charge in [-0.25, -0.2) is 0 Å². The third kappa shape index (κ3) is 1.74. The number of hydrogen-bond donors (Lipinski definition) is 2. The van der Waals surface area contributed by atoms with Crippen LogP contribution in [0.5, 0.6) is 0 Å². The molecule has 0 aliphatic carbocycles. The largest absolute Gasteiger partial charge is 0.330 e. The lowest BCUT2D eigenvalue weighted by molar-refractivity contribution is -0.115. The lowest BCUT2D eigenvalue weighted by atomic mass is 10.2. The fourth-order valence-electron chi connectivity index (χ4n) is 1.42. The molecule has 0 saturated carbocycles. The van der Waals surface area contributed by atoms with Gasteiger partial charge in [-0.15, -0.1) is 0 Å². The van der Waals surface area contributed by atoms with Crippen molar-refractivity contribution < 1.29 is 4.79 Å². The number of nitrogens with zero attached hydrogens (tertiary/aromatic N) is 1. The Kier molecular flexibility index (Phi) is 2.57. The van der Waals surface area contributed by atoms with Crippen molar-refractivity contribution in [1.29, 1.82) is 0 Å². The van der Waals surface area contributed by atoms with Gasteiger partial charge >= 0.3 is 0 Å². The molecule has 1 heterocycles. The maximum absolute atomic E-state index is 11.9. The Morgan fingerprint density at radius 1 is 1.44 bits per heavy atom. The molecule has 1 aromatic heterocycles. The molecule has 5 nitrogen and oxygen atoms in total. The van der Waals surface area contributed by atoms with Gasteiger partial charge in [0, 0.05) is 6.92 Å². The van der Waals surface area contributed by atoms with Crippen LogP contribution in [0.15, 0.2) is 29.1 Å². The molecule has 0 radical (unpaired) electrons. The van der Waals surface area contributed by atoms with Crippen molar-refractivity contribution in [2.45, 2.75) is 6.92 Å². The molecule has 0 unspecified atom stereocenters. The molecule has 2 N–H and O–H groups in total. The number of H-pyrrole nitrogens is 1. The van der Waals surface area contributed by atoms with Crippen LogP contribution in [-0.2, 0) is 4.79 Å². The van der Waals surface area contributed by atoms with Gasteiger partial charge in [0.1, 0.15) is 0 Å². The molecule has 0 atom stereocenters. The number of aromatic amines is 1. The second-order valence-corrected chi connectivity index (χ2v) is 3.67. The minimum Gasteiger partial charge on any atom is -0.330 e. The van der Waals surface area contributed by atoms with Gasteiger partial charge in [0.25, 0.3) is 5.56 Å². The summed E-state index contributed by atoms with van der Waals surface area (Å²) < 4.78 is 1.19. The molecule has 82 valence electrons. The molecule has 0 fully saturated rings. The summed E-state index contributed by atoms with van der Waals surface area (Å²) in [7, 11) is 0. The number of rotatable bonds is 1. The van der Waals surface area contributed by atoms with E-state index in [1.54, 1.807) is 24.3 Å². The highest BCUT2D eigenvalue weighted by Crippen LogP contribution is 2.04. The molecule has 0 saturated heterocycles. The van der Waals surface area contributed by atoms with Crippen molar-refractivity contribution in [3.63, 3.8) is 0 Å². The number of benzene rings is 1. The SMILES string of the molecule is CC(=O)Nn1c(=S)[nH]c2ccccc2c1=O. The van der Waals surface area contributed by atoms with Crippen LogP contribution in [-0.4, -0.2) is 15.6 Å². The van der Waals surface area contributed by atoms with Crippen LogP contribution < -0.4 is 11.0 Å². The number of amides is 1. The Bertz CT molecular complexity index is 672. The summed E-state index contributed by atoms with van der Waals surface area (Å²) in [5, 5.41) is 0.477. The molecule has 16 heavy (non-hydrogen) atoms. The summed E-state index contributed by atoms with van der Waals surface area (Å²) in [6.07, 6.45) is 0. The van der Waals surface area contributed by atoms with Gasteiger partial charge in [-0.05, 0) is 24.4 Å². The number of carbonyl (C=O) groups is 1. The van der Waals surface area contributed by atoms with E-state index in [1.165, 1.54) is 6.92 Å². The van der Waals surface area contributed by atoms with Crippen molar-refractivity contribution in [2.24, 2.45) is 0 Å². The molecule has 2 aromatic rings.